The second-order valence-corrected chi connectivity index (χ2v) is 7.79. The van der Waals surface area contributed by atoms with Gasteiger partial charge in [-0.15, -0.1) is 10.2 Å². The van der Waals surface area contributed by atoms with Gasteiger partial charge in [-0.3, -0.25) is 0 Å². The van der Waals surface area contributed by atoms with Gasteiger partial charge >= 0.3 is 5.76 Å². The summed E-state index contributed by atoms with van der Waals surface area (Å²) in [7, 11) is -3.16. The number of alkyl halides is 2. The van der Waals surface area contributed by atoms with Crippen molar-refractivity contribution in [1.82, 2.24) is 5.16 Å². The maximum Gasteiger partial charge on any atom is 0.345 e. The first-order chi connectivity index (χ1) is 13.8. The molecule has 0 N–H and O–H groups in total. The number of benzene rings is 1. The van der Waals surface area contributed by atoms with Gasteiger partial charge in [0.05, 0.1) is 12.3 Å². The Bertz CT molecular complexity index is 1050. The van der Waals surface area contributed by atoms with E-state index >= 15 is 0 Å². The van der Waals surface area contributed by atoms with Gasteiger partial charge in [0.1, 0.15) is 22.9 Å². The van der Waals surface area contributed by atoms with E-state index in [0.29, 0.717) is 42.3 Å². The third-order valence-electron chi connectivity index (χ3n) is 4.10. The Kier molecular flexibility index (Phi) is 6.07. The van der Waals surface area contributed by atoms with Crippen LogP contribution in [0.4, 0.5) is 36.2 Å². The number of rotatable bonds is 7. The molecule has 29 heavy (non-hydrogen) atoms. The molecule has 1 unspecified atom stereocenters. The van der Waals surface area contributed by atoms with Gasteiger partial charge in [-0.25, -0.2) is 4.21 Å². The van der Waals surface area contributed by atoms with Crippen molar-refractivity contribution >= 4 is 32.9 Å². The smallest absolute Gasteiger partial charge is 0.345 e. The van der Waals surface area contributed by atoms with Crippen molar-refractivity contribution in [3.05, 3.63) is 23.5 Å². The highest BCUT2D eigenvalue weighted by molar-refractivity contribution is 7.89. The van der Waals surface area contributed by atoms with Crippen molar-refractivity contribution in [2.75, 3.05) is 25.1 Å². The van der Waals surface area contributed by atoms with E-state index in [9.17, 15) is 17.5 Å². The third-order valence-corrected chi connectivity index (χ3v) is 5.17. The molecule has 0 radical (unpaired) electrons. The predicted octanol–water partition coefficient (Wildman–Crippen LogP) is 4.93. The van der Waals surface area contributed by atoms with Gasteiger partial charge < -0.3 is 14.2 Å². The maximum atomic E-state index is 13.1. The molecule has 1 atom stereocenters. The molecule has 2 heterocycles. The number of aromatic nitrogens is 1. The van der Waals surface area contributed by atoms with Crippen LogP contribution < -0.4 is 9.64 Å². The normalized spacial score (nSPS) is 15.8. The van der Waals surface area contributed by atoms with Gasteiger partial charge in [-0.1, -0.05) is 9.54 Å². The van der Waals surface area contributed by atoms with Crippen LogP contribution in [0.3, 0.4) is 0 Å². The number of hydrogen-bond donors (Lipinski definition) is 0. The van der Waals surface area contributed by atoms with Crippen LogP contribution in [0, 0.1) is 6.92 Å². The molecular weight excluding hydrogens is 415 g/mol. The van der Waals surface area contributed by atoms with E-state index in [1.165, 1.54) is 12.1 Å². The fourth-order valence-corrected chi connectivity index (χ4v) is 3.50. The molecular formula is C16H18F3N5O4S. The van der Waals surface area contributed by atoms with E-state index in [4.69, 9.17) is 9.26 Å². The quantitative estimate of drug-likeness (QED) is 0.574. The van der Waals surface area contributed by atoms with Crippen LogP contribution in [0.5, 0.6) is 5.75 Å². The van der Waals surface area contributed by atoms with Gasteiger partial charge in [-0.2, -0.15) is 13.1 Å². The van der Waals surface area contributed by atoms with Crippen LogP contribution in [-0.2, 0) is 20.8 Å². The zero-order valence-electron chi connectivity index (χ0n) is 15.8. The highest BCUT2D eigenvalue weighted by Crippen LogP contribution is 2.48. The fourth-order valence-electron chi connectivity index (χ4n) is 2.88. The van der Waals surface area contributed by atoms with E-state index in [1.807, 2.05) is 4.90 Å². The molecule has 1 aliphatic rings. The lowest BCUT2D eigenvalue weighted by Crippen LogP contribution is -2.13. The minimum atomic E-state index is -4.93. The summed E-state index contributed by atoms with van der Waals surface area (Å²) in [4.78, 5) is 1.82. The zero-order valence-corrected chi connectivity index (χ0v) is 16.6. The van der Waals surface area contributed by atoms with Crippen molar-refractivity contribution in [3.8, 4) is 5.75 Å². The van der Waals surface area contributed by atoms with E-state index in [-0.39, 0.29) is 17.2 Å². The average molecular weight is 433 g/mol. The van der Waals surface area contributed by atoms with Gasteiger partial charge in [0.15, 0.2) is 0 Å². The molecule has 0 saturated heterocycles. The van der Waals surface area contributed by atoms with Crippen LogP contribution in [0.25, 0.3) is 0 Å². The van der Waals surface area contributed by atoms with Crippen LogP contribution in [0.2, 0.25) is 0 Å². The summed E-state index contributed by atoms with van der Waals surface area (Å²) in [5.41, 5.74) is 0.735. The van der Waals surface area contributed by atoms with E-state index < -0.39 is 15.8 Å². The summed E-state index contributed by atoms with van der Waals surface area (Å²) in [5.74, 6) is -2.64. The molecule has 0 spiro atoms. The number of nitrogens with zero attached hydrogens (tertiary/aromatic N) is 5. The van der Waals surface area contributed by atoms with E-state index in [1.54, 1.807) is 20.9 Å². The van der Waals surface area contributed by atoms with Crippen molar-refractivity contribution in [2.24, 2.45) is 14.6 Å². The molecule has 0 aliphatic carbocycles. The van der Waals surface area contributed by atoms with Crippen molar-refractivity contribution in [3.63, 3.8) is 0 Å². The number of fused-ring (bicyclic) bond motifs is 1. The Hall–Kier alpha value is -2.67. The Morgan fingerprint density at radius 2 is 2.14 bits per heavy atom. The number of azo groups is 1. The van der Waals surface area contributed by atoms with Crippen molar-refractivity contribution in [2.45, 2.75) is 26.0 Å². The summed E-state index contributed by atoms with van der Waals surface area (Å²) in [5, 5.41) is 11.5. The van der Waals surface area contributed by atoms with Gasteiger partial charge in [-0.05, 0) is 24.8 Å². The minimum Gasteiger partial charge on any atom is -0.492 e. The molecule has 1 aliphatic heterocycles. The number of anilines is 1. The highest BCUT2D eigenvalue weighted by Gasteiger charge is 2.31. The lowest BCUT2D eigenvalue weighted by Gasteiger charge is -2.18. The molecule has 0 saturated carbocycles. The summed E-state index contributed by atoms with van der Waals surface area (Å²) in [6.45, 7) is 4.28. The second kappa shape index (κ2) is 8.37. The van der Waals surface area contributed by atoms with Crippen LogP contribution in [0.15, 0.2) is 31.2 Å². The topological polar surface area (TPSA) is 102 Å². The highest BCUT2D eigenvalue weighted by atomic mass is 32.2. The standard InChI is InChI=1S/C16H18F3N5O4S/c1-4-26-12-8-11(20-21-13-7-9(2)27-22-13)14(10-5-6-24(3)15(10)12)23-29(25,28-19)16(17)18/h7-8,16H,4-6H2,1-3H3. The summed E-state index contributed by atoms with van der Waals surface area (Å²) >= 11 is 0. The molecule has 1 aromatic heterocycles. The number of aryl methyl sites for hydroxylation is 1. The molecule has 0 bridgehead atoms. The monoisotopic (exact) mass is 433 g/mol. The van der Waals surface area contributed by atoms with E-state index in [0.717, 1.165) is 0 Å². The summed E-state index contributed by atoms with van der Waals surface area (Å²) in [6, 6.07) is 2.90. The molecule has 9 nitrogen and oxygen atoms in total. The molecule has 0 amide bonds. The second-order valence-electron chi connectivity index (χ2n) is 6.10. The van der Waals surface area contributed by atoms with Crippen LogP contribution in [-0.4, -0.2) is 35.3 Å². The number of hydrogen-bond acceptors (Lipinski definition) is 9. The third kappa shape index (κ3) is 4.19. The largest absolute Gasteiger partial charge is 0.492 e. The Morgan fingerprint density at radius 3 is 2.72 bits per heavy atom. The fraction of sp³-hybridized carbons (Fsp3) is 0.438. The van der Waals surface area contributed by atoms with E-state index in [2.05, 4.69) is 24.1 Å². The van der Waals surface area contributed by atoms with Crippen molar-refractivity contribution in [1.29, 1.82) is 0 Å². The first-order valence-electron chi connectivity index (χ1n) is 8.52. The summed E-state index contributed by atoms with van der Waals surface area (Å²) < 4.78 is 68.1. The molecule has 13 heteroatoms. The lowest BCUT2D eigenvalue weighted by molar-refractivity contribution is -0.000953. The van der Waals surface area contributed by atoms with Crippen LogP contribution >= 0.6 is 0 Å². The van der Waals surface area contributed by atoms with Crippen LogP contribution in [0.1, 0.15) is 18.2 Å². The molecule has 158 valence electrons. The molecule has 2 aromatic rings. The van der Waals surface area contributed by atoms with Gasteiger partial charge in [0, 0.05) is 31.3 Å². The Labute approximate surface area is 164 Å². The first kappa shape index (κ1) is 21.0. The average Bonchev–Trinajstić information content (AvgIpc) is 3.28. The number of ether oxygens (including phenoxy) is 1. The zero-order chi connectivity index (χ0) is 21.2. The van der Waals surface area contributed by atoms with Gasteiger partial charge in [0.25, 0.3) is 10.0 Å². The number of halogens is 3. The first-order valence-corrected chi connectivity index (χ1v) is 10.0. The minimum absolute atomic E-state index is 0.0476. The van der Waals surface area contributed by atoms with Gasteiger partial charge in [0.2, 0.25) is 5.82 Å². The predicted molar refractivity (Wildman–Crippen MR) is 98.4 cm³/mol. The van der Waals surface area contributed by atoms with Crippen molar-refractivity contribution < 1.29 is 31.2 Å². The maximum absolute atomic E-state index is 13.1. The molecule has 3 rings (SSSR count). The molecule has 0 fully saturated rings. The lowest BCUT2D eigenvalue weighted by atomic mass is 10.1. The Morgan fingerprint density at radius 1 is 1.38 bits per heavy atom. The Balaban J connectivity index is 2.25. The molecule has 1 aromatic carbocycles. The SMILES string of the molecule is CCOc1cc(N=Nc2cc(C)on2)c(N=S(=O)(OF)C(F)F)c2c1N(C)CC2. The summed E-state index contributed by atoms with van der Waals surface area (Å²) in [6.07, 6.45) is 0.363. The number of likely N-dealkylation sites (N-methyl/N-ethyl adjacent to an activating group) is 1.